The molecule has 110 valence electrons. The van der Waals surface area contributed by atoms with Gasteiger partial charge in [-0.05, 0) is 49.3 Å². The summed E-state index contributed by atoms with van der Waals surface area (Å²) in [5.74, 6) is 0. The van der Waals surface area contributed by atoms with E-state index in [2.05, 4.69) is 79.7 Å². The Morgan fingerprint density at radius 1 is 1.19 bits per heavy atom. The van der Waals surface area contributed by atoms with Crippen LogP contribution in [0.4, 0.5) is 0 Å². The third-order valence-electron chi connectivity index (χ3n) is 3.92. The van der Waals surface area contributed by atoms with E-state index < -0.39 is 0 Å². The van der Waals surface area contributed by atoms with Gasteiger partial charge < -0.3 is 10.2 Å². The molecular weight excluding hydrogens is 256 g/mol. The smallest absolute Gasteiger partial charge is 0.0448 e. The Balaban J connectivity index is 1.91. The highest BCUT2D eigenvalue weighted by Crippen LogP contribution is 2.24. The van der Waals surface area contributed by atoms with E-state index in [1.807, 2.05) is 0 Å². The van der Waals surface area contributed by atoms with Gasteiger partial charge in [0.2, 0.25) is 0 Å². The zero-order valence-corrected chi connectivity index (χ0v) is 13.2. The molecule has 1 N–H and O–H groups in total. The van der Waals surface area contributed by atoms with Crippen molar-refractivity contribution in [3.05, 3.63) is 58.6 Å². The normalized spacial score (nSPS) is 17.0. The lowest BCUT2D eigenvalue weighted by Gasteiger charge is -2.31. The average Bonchev–Trinajstić information content (AvgIpc) is 2.46. The van der Waals surface area contributed by atoms with Gasteiger partial charge in [0.25, 0.3) is 0 Å². The Morgan fingerprint density at radius 3 is 2.81 bits per heavy atom. The number of hydrogen-bond acceptors (Lipinski definition) is 2. The Bertz CT molecular complexity index is 702. The van der Waals surface area contributed by atoms with E-state index in [1.54, 1.807) is 0 Å². The predicted octanol–water partition coefficient (Wildman–Crippen LogP) is 2.12. The van der Waals surface area contributed by atoms with E-state index in [0.29, 0.717) is 0 Å². The minimum atomic E-state index is 0.168. The molecule has 0 saturated carbocycles. The van der Waals surface area contributed by atoms with Crippen LogP contribution in [0.1, 0.15) is 27.2 Å². The number of allylic oxidation sites excluding steroid dienone is 4. The van der Waals surface area contributed by atoms with Gasteiger partial charge in [-0.15, -0.1) is 0 Å². The number of benzene rings is 1. The molecule has 0 fully saturated rings. The molecule has 2 heteroatoms. The van der Waals surface area contributed by atoms with Crippen molar-refractivity contribution in [1.82, 2.24) is 10.2 Å². The third-order valence-corrected chi connectivity index (χ3v) is 3.92. The highest BCUT2D eigenvalue weighted by atomic mass is 15.1. The molecule has 3 rings (SSSR count). The summed E-state index contributed by atoms with van der Waals surface area (Å²) in [6.07, 6.45) is 9.97. The Kier molecular flexibility index (Phi) is 3.73. The standard InChI is InChI=1S/C19H24N2/c1-19(2,3)20-12-13-21-14-15-8-4-5-9-16(15)17-10-6-7-11-18(17)21/h4-9,11,14,20H,10,12-13H2,1-3H3. The summed E-state index contributed by atoms with van der Waals surface area (Å²) >= 11 is 0. The van der Waals surface area contributed by atoms with Crippen LogP contribution >= 0.6 is 0 Å². The van der Waals surface area contributed by atoms with Crippen molar-refractivity contribution in [2.24, 2.45) is 0 Å². The molecule has 0 unspecified atom stereocenters. The summed E-state index contributed by atoms with van der Waals surface area (Å²) < 4.78 is 0. The first-order valence-corrected chi connectivity index (χ1v) is 7.73. The molecule has 1 aromatic carbocycles. The number of fused-ring (bicyclic) bond motifs is 2. The molecular formula is C19H24N2. The fourth-order valence-electron chi connectivity index (χ4n) is 2.93. The van der Waals surface area contributed by atoms with Gasteiger partial charge in [0, 0.05) is 30.5 Å². The Hall–Kier alpha value is -1.80. The Morgan fingerprint density at radius 2 is 2.00 bits per heavy atom. The largest absolute Gasteiger partial charge is 0.346 e. The number of nitrogens with zero attached hydrogens (tertiary/aromatic N) is 1. The molecule has 1 aliphatic carbocycles. The first-order chi connectivity index (χ1) is 10.0. The topological polar surface area (TPSA) is 15.3 Å². The number of hydrogen-bond donors (Lipinski definition) is 1. The monoisotopic (exact) mass is 280 g/mol. The van der Waals surface area contributed by atoms with Crippen LogP contribution in [0.25, 0.3) is 11.8 Å². The second-order valence-corrected chi connectivity index (χ2v) is 6.75. The third kappa shape index (κ3) is 3.11. The van der Waals surface area contributed by atoms with Gasteiger partial charge in [-0.1, -0.05) is 36.4 Å². The lowest BCUT2D eigenvalue weighted by Crippen LogP contribution is -2.43. The molecule has 2 nitrogen and oxygen atoms in total. The maximum absolute atomic E-state index is 3.57. The van der Waals surface area contributed by atoms with E-state index in [1.165, 1.54) is 21.7 Å². The zero-order valence-electron chi connectivity index (χ0n) is 13.2. The van der Waals surface area contributed by atoms with Crippen LogP contribution in [0.5, 0.6) is 0 Å². The SMILES string of the molecule is CC(C)(C)NCCN1C=c2ccccc2=C2CC=CC=C21. The van der Waals surface area contributed by atoms with Crippen molar-refractivity contribution in [3.8, 4) is 0 Å². The maximum Gasteiger partial charge on any atom is 0.0448 e. The second kappa shape index (κ2) is 5.53. The van der Waals surface area contributed by atoms with E-state index in [9.17, 15) is 0 Å². The molecule has 0 radical (unpaired) electrons. The van der Waals surface area contributed by atoms with Crippen molar-refractivity contribution in [2.75, 3.05) is 13.1 Å². The van der Waals surface area contributed by atoms with Crippen molar-refractivity contribution >= 4 is 11.8 Å². The number of rotatable bonds is 3. The van der Waals surface area contributed by atoms with E-state index in [-0.39, 0.29) is 5.54 Å². The maximum atomic E-state index is 3.57. The molecule has 0 amide bonds. The van der Waals surface area contributed by atoms with Crippen LogP contribution in [0.15, 0.2) is 48.2 Å². The Labute approximate surface area is 127 Å². The van der Waals surface area contributed by atoms with Crippen molar-refractivity contribution in [1.29, 1.82) is 0 Å². The zero-order chi connectivity index (χ0) is 14.9. The highest BCUT2D eigenvalue weighted by Gasteiger charge is 2.18. The van der Waals surface area contributed by atoms with Crippen LogP contribution in [0, 0.1) is 0 Å². The second-order valence-electron chi connectivity index (χ2n) is 6.75. The van der Waals surface area contributed by atoms with Crippen LogP contribution in [-0.4, -0.2) is 23.5 Å². The van der Waals surface area contributed by atoms with Crippen molar-refractivity contribution in [2.45, 2.75) is 32.7 Å². The van der Waals surface area contributed by atoms with Gasteiger partial charge in [0.1, 0.15) is 0 Å². The summed E-state index contributed by atoms with van der Waals surface area (Å²) in [7, 11) is 0. The first kappa shape index (κ1) is 14.2. The fraction of sp³-hybridized carbons (Fsp3) is 0.368. The fourth-order valence-corrected chi connectivity index (χ4v) is 2.93. The minimum absolute atomic E-state index is 0.168. The van der Waals surface area contributed by atoms with Gasteiger partial charge >= 0.3 is 0 Å². The molecule has 21 heavy (non-hydrogen) atoms. The molecule has 0 spiro atoms. The van der Waals surface area contributed by atoms with Crippen LogP contribution < -0.4 is 15.8 Å². The lowest BCUT2D eigenvalue weighted by atomic mass is 9.96. The van der Waals surface area contributed by atoms with Crippen molar-refractivity contribution < 1.29 is 0 Å². The summed E-state index contributed by atoms with van der Waals surface area (Å²) in [5, 5.41) is 6.28. The van der Waals surface area contributed by atoms with Crippen LogP contribution in [0.2, 0.25) is 0 Å². The van der Waals surface area contributed by atoms with Gasteiger partial charge in [0.05, 0.1) is 0 Å². The number of nitrogens with one attached hydrogen (secondary N) is 1. The quantitative estimate of drug-likeness (QED) is 0.912. The van der Waals surface area contributed by atoms with Crippen LogP contribution in [0.3, 0.4) is 0 Å². The molecule has 0 atom stereocenters. The minimum Gasteiger partial charge on any atom is -0.346 e. The van der Waals surface area contributed by atoms with Gasteiger partial charge in [-0.2, -0.15) is 0 Å². The molecule has 0 bridgehead atoms. The summed E-state index contributed by atoms with van der Waals surface area (Å²) in [5.41, 5.74) is 2.97. The molecule has 0 aromatic heterocycles. The highest BCUT2D eigenvalue weighted by molar-refractivity contribution is 5.71. The average molecular weight is 280 g/mol. The van der Waals surface area contributed by atoms with Crippen LogP contribution in [-0.2, 0) is 0 Å². The van der Waals surface area contributed by atoms with Gasteiger partial charge in [0.15, 0.2) is 0 Å². The summed E-state index contributed by atoms with van der Waals surface area (Å²) in [6.45, 7) is 8.61. The molecule has 1 aliphatic heterocycles. The molecule has 1 heterocycles. The predicted molar refractivity (Wildman–Crippen MR) is 89.9 cm³/mol. The molecule has 2 aliphatic rings. The summed E-state index contributed by atoms with van der Waals surface area (Å²) in [6, 6.07) is 8.70. The molecule has 1 aromatic rings. The van der Waals surface area contributed by atoms with Gasteiger partial charge in [-0.25, -0.2) is 0 Å². The van der Waals surface area contributed by atoms with E-state index >= 15 is 0 Å². The van der Waals surface area contributed by atoms with Crippen molar-refractivity contribution in [3.63, 3.8) is 0 Å². The summed E-state index contributed by atoms with van der Waals surface area (Å²) in [4.78, 5) is 2.39. The first-order valence-electron chi connectivity index (χ1n) is 7.73. The van der Waals surface area contributed by atoms with E-state index in [0.717, 1.165) is 19.5 Å². The molecule has 0 saturated heterocycles. The van der Waals surface area contributed by atoms with E-state index in [4.69, 9.17) is 0 Å². The van der Waals surface area contributed by atoms with Gasteiger partial charge in [-0.3, -0.25) is 0 Å². The lowest BCUT2D eigenvalue weighted by molar-refractivity contribution is 0.393.